The first-order valence-electron chi connectivity index (χ1n) is 8.96. The second kappa shape index (κ2) is 6.32. The molecule has 0 amide bonds. The molecule has 2 aliphatic rings. The maximum absolute atomic E-state index is 5.07. The largest absolute Gasteiger partial charge is 0.339 e. The molecule has 130 valence electrons. The van der Waals surface area contributed by atoms with Crippen LogP contribution in [0.1, 0.15) is 30.4 Å². The summed E-state index contributed by atoms with van der Waals surface area (Å²) in [6.45, 7) is 3.30. The fourth-order valence-electron chi connectivity index (χ4n) is 3.90. The molecule has 2 aromatic heterocycles. The Morgan fingerprint density at radius 2 is 1.85 bits per heavy atom. The van der Waals surface area contributed by atoms with E-state index < -0.39 is 0 Å². The predicted molar refractivity (Wildman–Crippen MR) is 107 cm³/mol. The molecule has 0 N–H and O–H groups in total. The van der Waals surface area contributed by atoms with Gasteiger partial charge in [-0.3, -0.25) is 9.98 Å². The Kier molecular flexibility index (Phi) is 3.82. The van der Waals surface area contributed by atoms with E-state index in [0.29, 0.717) is 5.25 Å². The van der Waals surface area contributed by atoms with Crippen molar-refractivity contribution in [1.82, 2.24) is 14.5 Å². The van der Waals surface area contributed by atoms with Crippen LogP contribution in [0.25, 0.3) is 5.69 Å². The number of amidine groups is 1. The fourth-order valence-corrected chi connectivity index (χ4v) is 4.99. The highest BCUT2D eigenvalue weighted by molar-refractivity contribution is 8.14. The summed E-state index contributed by atoms with van der Waals surface area (Å²) in [5.74, 6) is 0. The van der Waals surface area contributed by atoms with Crippen LogP contribution >= 0.6 is 11.8 Å². The minimum atomic E-state index is 0.0311. The summed E-state index contributed by atoms with van der Waals surface area (Å²) in [4.78, 5) is 12.2. The number of pyridine rings is 1. The smallest absolute Gasteiger partial charge is 0.160 e. The van der Waals surface area contributed by atoms with Gasteiger partial charge in [0.1, 0.15) is 6.04 Å². The van der Waals surface area contributed by atoms with Crippen molar-refractivity contribution < 1.29 is 0 Å². The van der Waals surface area contributed by atoms with Crippen LogP contribution in [0.5, 0.6) is 0 Å². The molecule has 0 saturated carbocycles. The third-order valence-corrected chi connectivity index (χ3v) is 6.10. The van der Waals surface area contributed by atoms with Crippen LogP contribution in [-0.2, 0) is 0 Å². The summed E-state index contributed by atoms with van der Waals surface area (Å²) in [6.07, 6.45) is 4.01. The molecule has 4 nitrogen and oxygen atoms in total. The summed E-state index contributed by atoms with van der Waals surface area (Å²) < 4.78 is 2.28. The second-order valence-electron chi connectivity index (χ2n) is 6.78. The van der Waals surface area contributed by atoms with E-state index in [-0.39, 0.29) is 12.1 Å². The number of thioether (sulfide) groups is 1. The summed E-state index contributed by atoms with van der Waals surface area (Å²) >= 11 is 1.88. The molecule has 26 heavy (non-hydrogen) atoms. The van der Waals surface area contributed by atoms with Crippen molar-refractivity contribution in [3.63, 3.8) is 0 Å². The first-order chi connectivity index (χ1) is 12.8. The van der Waals surface area contributed by atoms with Gasteiger partial charge in [0.25, 0.3) is 0 Å². The lowest BCUT2D eigenvalue weighted by atomic mass is 10.0. The molecule has 0 unspecified atom stereocenters. The molecule has 3 aromatic rings. The van der Waals surface area contributed by atoms with E-state index in [1.165, 1.54) is 11.4 Å². The van der Waals surface area contributed by atoms with Gasteiger partial charge in [-0.2, -0.15) is 0 Å². The van der Waals surface area contributed by atoms with Crippen LogP contribution in [-0.4, -0.2) is 31.4 Å². The third-order valence-electron chi connectivity index (χ3n) is 5.00. The zero-order chi connectivity index (χ0) is 17.5. The Bertz CT molecular complexity index is 935. The SMILES string of the molecule is C[C@H]1CN2C(=N[C@H](c3ccccn3)[C@@H]2c2cccn2-c2ccccc2)S1. The lowest BCUT2D eigenvalue weighted by Gasteiger charge is -2.28. The molecular formula is C21H20N4S. The van der Waals surface area contributed by atoms with Crippen LogP contribution in [0.2, 0.25) is 0 Å². The number of fused-ring (bicyclic) bond motifs is 1. The quantitative estimate of drug-likeness (QED) is 0.691. The average molecular weight is 360 g/mol. The maximum atomic E-state index is 5.07. The lowest BCUT2D eigenvalue weighted by molar-refractivity contribution is 0.312. The molecule has 5 heteroatoms. The van der Waals surface area contributed by atoms with Gasteiger partial charge >= 0.3 is 0 Å². The highest BCUT2D eigenvalue weighted by atomic mass is 32.2. The number of hydrogen-bond donors (Lipinski definition) is 0. The monoisotopic (exact) mass is 360 g/mol. The van der Waals surface area contributed by atoms with Gasteiger partial charge in [0, 0.05) is 35.6 Å². The standard InChI is InChI=1S/C21H20N4S/c1-15-14-25-20(18-11-7-13-24(18)16-8-3-2-4-9-16)19(23-21(25)26-15)17-10-5-6-12-22-17/h2-13,15,19-20H,14H2,1H3/t15-,19+,20-/m0/s1. The summed E-state index contributed by atoms with van der Waals surface area (Å²) in [6, 6.07) is 21.2. The normalized spacial score (nSPS) is 24.6. The highest BCUT2D eigenvalue weighted by Gasteiger charge is 2.44. The van der Waals surface area contributed by atoms with E-state index >= 15 is 0 Å². The highest BCUT2D eigenvalue weighted by Crippen LogP contribution is 2.47. The Labute approximate surface area is 157 Å². The van der Waals surface area contributed by atoms with Gasteiger partial charge < -0.3 is 9.47 Å². The number of nitrogens with zero attached hydrogens (tertiary/aromatic N) is 4. The van der Waals surface area contributed by atoms with Crippen LogP contribution in [0.3, 0.4) is 0 Å². The van der Waals surface area contributed by atoms with Gasteiger partial charge in [-0.05, 0) is 36.4 Å². The number of benzene rings is 1. The summed E-state index contributed by atoms with van der Waals surface area (Å²) in [5.41, 5.74) is 3.48. The number of rotatable bonds is 3. The fraction of sp³-hybridized carbons (Fsp3) is 0.238. The molecule has 1 saturated heterocycles. The van der Waals surface area contributed by atoms with Gasteiger partial charge in [-0.15, -0.1) is 0 Å². The van der Waals surface area contributed by atoms with E-state index in [1.54, 1.807) is 0 Å². The third kappa shape index (κ3) is 2.54. The molecule has 1 aromatic carbocycles. The van der Waals surface area contributed by atoms with Gasteiger partial charge in [0.05, 0.1) is 11.7 Å². The Balaban J connectivity index is 1.62. The second-order valence-corrected chi connectivity index (χ2v) is 8.18. The van der Waals surface area contributed by atoms with E-state index in [9.17, 15) is 0 Å². The van der Waals surface area contributed by atoms with E-state index in [2.05, 4.69) is 82.2 Å². The number of aromatic nitrogens is 2. The Morgan fingerprint density at radius 3 is 2.65 bits per heavy atom. The molecule has 4 heterocycles. The summed E-state index contributed by atoms with van der Waals surface area (Å²) in [5, 5.41) is 1.72. The average Bonchev–Trinajstić information content (AvgIpc) is 3.37. The Morgan fingerprint density at radius 1 is 1.00 bits per heavy atom. The number of aliphatic imine (C=N–C) groups is 1. The predicted octanol–water partition coefficient (Wildman–Crippen LogP) is 4.46. The lowest BCUT2D eigenvalue weighted by Crippen LogP contribution is -2.30. The minimum absolute atomic E-state index is 0.0311. The zero-order valence-electron chi connectivity index (χ0n) is 14.6. The summed E-state index contributed by atoms with van der Waals surface area (Å²) in [7, 11) is 0. The van der Waals surface area contributed by atoms with Crippen molar-refractivity contribution in [1.29, 1.82) is 0 Å². The van der Waals surface area contributed by atoms with Gasteiger partial charge in [-0.1, -0.05) is 43.0 Å². The zero-order valence-corrected chi connectivity index (χ0v) is 15.4. The Hall–Kier alpha value is -2.53. The van der Waals surface area contributed by atoms with Crippen molar-refractivity contribution in [2.75, 3.05) is 6.54 Å². The first kappa shape index (κ1) is 15.7. The minimum Gasteiger partial charge on any atom is -0.339 e. The first-order valence-corrected chi connectivity index (χ1v) is 9.84. The molecule has 1 fully saturated rings. The molecular weight excluding hydrogens is 340 g/mol. The van der Waals surface area contributed by atoms with E-state index in [4.69, 9.17) is 4.99 Å². The molecule has 2 aliphatic heterocycles. The van der Waals surface area contributed by atoms with Gasteiger partial charge in [-0.25, -0.2) is 0 Å². The van der Waals surface area contributed by atoms with Crippen LogP contribution in [0.4, 0.5) is 0 Å². The van der Waals surface area contributed by atoms with E-state index in [0.717, 1.165) is 17.4 Å². The number of para-hydroxylation sites is 1. The topological polar surface area (TPSA) is 33.4 Å². The van der Waals surface area contributed by atoms with Crippen molar-refractivity contribution in [2.45, 2.75) is 24.3 Å². The van der Waals surface area contributed by atoms with E-state index in [1.807, 2.05) is 24.0 Å². The molecule has 3 atom stereocenters. The molecule has 5 rings (SSSR count). The molecule has 0 radical (unpaired) electrons. The van der Waals surface area contributed by atoms with Crippen molar-refractivity contribution in [2.24, 2.45) is 4.99 Å². The van der Waals surface area contributed by atoms with Crippen molar-refractivity contribution >= 4 is 16.9 Å². The van der Waals surface area contributed by atoms with Gasteiger partial charge in [0.15, 0.2) is 5.17 Å². The number of hydrogen-bond acceptors (Lipinski definition) is 4. The maximum Gasteiger partial charge on any atom is 0.160 e. The molecule has 0 aliphatic carbocycles. The molecule has 0 bridgehead atoms. The van der Waals surface area contributed by atoms with Crippen LogP contribution in [0, 0.1) is 0 Å². The van der Waals surface area contributed by atoms with Gasteiger partial charge in [0.2, 0.25) is 0 Å². The van der Waals surface area contributed by atoms with Crippen molar-refractivity contribution in [3.05, 3.63) is 84.4 Å². The van der Waals surface area contributed by atoms with Crippen LogP contribution < -0.4 is 0 Å². The van der Waals surface area contributed by atoms with Crippen molar-refractivity contribution in [3.8, 4) is 5.69 Å². The molecule has 0 spiro atoms. The van der Waals surface area contributed by atoms with Crippen LogP contribution in [0.15, 0.2) is 78.0 Å².